The molecule has 2 heterocycles. The standard InChI is InChI=1S/C22H28N6O3/c1-15-19(13-31-20(15)29)28-11-10-22(21(28)30)8-6-18(7-9-22)24-12-16-2-4-17(5-3-16)25-14-26-27-23/h2-5,14,18,24H,6-13H2,1H3,(H2,23,25,26)/t18-,22-. The number of rotatable bonds is 7. The predicted octanol–water partition coefficient (Wildman–Crippen LogP) is 3.15. The van der Waals surface area contributed by atoms with Gasteiger partial charge in [-0.1, -0.05) is 17.4 Å². The van der Waals surface area contributed by atoms with Crippen molar-refractivity contribution in [2.75, 3.05) is 18.5 Å². The lowest BCUT2D eigenvalue weighted by Gasteiger charge is -2.36. The molecule has 31 heavy (non-hydrogen) atoms. The second kappa shape index (κ2) is 8.97. The summed E-state index contributed by atoms with van der Waals surface area (Å²) in [6.45, 7) is 3.42. The number of nitrogens with zero attached hydrogens (tertiary/aromatic N) is 3. The minimum absolute atomic E-state index is 0.170. The van der Waals surface area contributed by atoms with Gasteiger partial charge < -0.3 is 20.3 Å². The lowest BCUT2D eigenvalue weighted by molar-refractivity contribution is -0.138. The Balaban J connectivity index is 1.27. The van der Waals surface area contributed by atoms with E-state index in [0.717, 1.165) is 50.0 Å². The third kappa shape index (κ3) is 4.36. The second-order valence-electron chi connectivity index (χ2n) is 8.48. The fraction of sp³-hybridized carbons (Fsp3) is 0.500. The lowest BCUT2D eigenvalue weighted by Crippen LogP contribution is -2.42. The van der Waals surface area contributed by atoms with Crippen LogP contribution in [-0.4, -0.2) is 42.3 Å². The van der Waals surface area contributed by atoms with Crippen molar-refractivity contribution in [1.29, 1.82) is 5.53 Å². The van der Waals surface area contributed by atoms with Gasteiger partial charge >= 0.3 is 5.97 Å². The zero-order valence-corrected chi connectivity index (χ0v) is 17.7. The van der Waals surface area contributed by atoms with E-state index in [1.54, 1.807) is 11.8 Å². The molecule has 1 aliphatic carbocycles. The number of nitrogens with one attached hydrogen (secondary N) is 3. The largest absolute Gasteiger partial charge is 0.456 e. The molecule has 3 aliphatic rings. The first kappa shape index (κ1) is 21.2. The first-order valence-electron chi connectivity index (χ1n) is 10.7. The molecule has 1 aromatic carbocycles. The van der Waals surface area contributed by atoms with Crippen molar-refractivity contribution in [1.82, 2.24) is 10.2 Å². The van der Waals surface area contributed by atoms with Crippen LogP contribution in [0.5, 0.6) is 0 Å². The Hall–Kier alpha value is -3.07. The third-order valence-electron chi connectivity index (χ3n) is 6.76. The minimum atomic E-state index is -0.308. The number of likely N-dealkylation sites (tertiary alicyclic amines) is 1. The predicted molar refractivity (Wildman–Crippen MR) is 115 cm³/mol. The summed E-state index contributed by atoms with van der Waals surface area (Å²) in [7, 11) is 0. The molecule has 0 unspecified atom stereocenters. The molecular weight excluding hydrogens is 396 g/mol. The Bertz CT molecular complexity index is 916. The topological polar surface area (TPSA) is 119 Å². The summed E-state index contributed by atoms with van der Waals surface area (Å²) in [5.74, 6) is -0.138. The Morgan fingerprint density at radius 2 is 1.97 bits per heavy atom. The van der Waals surface area contributed by atoms with Crippen LogP contribution in [0.2, 0.25) is 0 Å². The van der Waals surface area contributed by atoms with Gasteiger partial charge in [-0.25, -0.2) is 4.79 Å². The number of benzene rings is 1. The highest BCUT2D eigenvalue weighted by molar-refractivity contribution is 5.94. The zero-order valence-electron chi connectivity index (χ0n) is 17.7. The summed E-state index contributed by atoms with van der Waals surface area (Å²) < 4.78 is 5.10. The highest BCUT2D eigenvalue weighted by Crippen LogP contribution is 2.46. The van der Waals surface area contributed by atoms with E-state index in [1.807, 2.05) is 24.3 Å². The fourth-order valence-corrected chi connectivity index (χ4v) is 4.78. The maximum atomic E-state index is 13.2. The van der Waals surface area contributed by atoms with Crippen molar-refractivity contribution >= 4 is 23.9 Å². The van der Waals surface area contributed by atoms with E-state index < -0.39 is 0 Å². The van der Waals surface area contributed by atoms with Crippen molar-refractivity contribution in [3.05, 3.63) is 41.1 Å². The van der Waals surface area contributed by atoms with Gasteiger partial charge in [0.05, 0.1) is 16.7 Å². The van der Waals surface area contributed by atoms with Crippen molar-refractivity contribution < 1.29 is 14.3 Å². The van der Waals surface area contributed by atoms with Gasteiger partial charge in [0.2, 0.25) is 5.91 Å². The van der Waals surface area contributed by atoms with Crippen molar-refractivity contribution in [3.8, 4) is 0 Å². The van der Waals surface area contributed by atoms with Gasteiger partial charge in [-0.05, 0) is 56.7 Å². The van der Waals surface area contributed by atoms with Crippen LogP contribution in [0.3, 0.4) is 0 Å². The number of ether oxygens (including phenoxy) is 1. The van der Waals surface area contributed by atoms with Crippen LogP contribution in [0.25, 0.3) is 0 Å². The van der Waals surface area contributed by atoms with E-state index >= 15 is 0 Å². The van der Waals surface area contributed by atoms with Gasteiger partial charge in [-0.15, -0.1) is 5.10 Å². The average molecular weight is 425 g/mol. The minimum Gasteiger partial charge on any atom is -0.456 e. The molecule has 1 aromatic rings. The number of hydrogen-bond acceptors (Lipinski definition) is 6. The first-order valence-corrected chi connectivity index (χ1v) is 10.7. The number of hydrogen-bond donors (Lipinski definition) is 3. The van der Waals surface area contributed by atoms with Gasteiger partial charge in [-0.3, -0.25) is 4.79 Å². The summed E-state index contributed by atoms with van der Waals surface area (Å²) in [5, 5.41) is 12.9. The number of carbonyl (C=O) groups is 2. The van der Waals surface area contributed by atoms with E-state index in [4.69, 9.17) is 10.3 Å². The van der Waals surface area contributed by atoms with E-state index in [0.29, 0.717) is 18.2 Å². The van der Waals surface area contributed by atoms with Crippen LogP contribution < -0.4 is 10.6 Å². The van der Waals surface area contributed by atoms with Crippen LogP contribution in [0.1, 0.15) is 44.6 Å². The number of amides is 1. The van der Waals surface area contributed by atoms with E-state index in [9.17, 15) is 9.59 Å². The number of anilines is 1. The molecule has 1 amide bonds. The van der Waals surface area contributed by atoms with Crippen LogP contribution >= 0.6 is 0 Å². The smallest absolute Gasteiger partial charge is 0.336 e. The van der Waals surface area contributed by atoms with E-state index in [1.165, 1.54) is 11.9 Å². The van der Waals surface area contributed by atoms with Gasteiger partial charge in [0.25, 0.3) is 0 Å². The molecule has 2 fully saturated rings. The molecule has 1 saturated carbocycles. The molecular formula is C22H28N6O3. The van der Waals surface area contributed by atoms with Crippen LogP contribution in [-0.2, 0) is 20.9 Å². The quantitative estimate of drug-likeness (QED) is 0.204. The molecule has 1 spiro atoms. The SMILES string of the molecule is CC1=C(N2CC[C@]3(CC[C@@H](NCc4ccc(N/C=N\N=N)cc4)CC3)C2=O)COC1=O. The van der Waals surface area contributed by atoms with Crippen molar-refractivity contribution in [2.24, 2.45) is 15.7 Å². The Kier molecular flexibility index (Phi) is 6.13. The normalized spacial score (nSPS) is 26.2. The first-order chi connectivity index (χ1) is 15.0. The fourth-order valence-electron chi connectivity index (χ4n) is 4.78. The maximum Gasteiger partial charge on any atom is 0.336 e. The van der Waals surface area contributed by atoms with Crippen LogP contribution in [0, 0.1) is 10.9 Å². The lowest BCUT2D eigenvalue weighted by atomic mass is 9.71. The maximum absolute atomic E-state index is 13.2. The molecule has 9 nitrogen and oxygen atoms in total. The zero-order chi connectivity index (χ0) is 21.8. The molecule has 9 heteroatoms. The average Bonchev–Trinajstić information content (AvgIpc) is 3.28. The van der Waals surface area contributed by atoms with Crippen molar-refractivity contribution in [3.63, 3.8) is 0 Å². The Morgan fingerprint density at radius 1 is 1.23 bits per heavy atom. The Labute approximate surface area is 181 Å². The monoisotopic (exact) mass is 424 g/mol. The molecule has 3 N–H and O–H groups in total. The van der Waals surface area contributed by atoms with E-state index in [-0.39, 0.29) is 23.9 Å². The highest BCUT2D eigenvalue weighted by atomic mass is 16.5. The van der Waals surface area contributed by atoms with Gasteiger partial charge in [0.1, 0.15) is 12.9 Å². The second-order valence-corrected chi connectivity index (χ2v) is 8.48. The molecule has 0 aromatic heterocycles. The molecule has 2 aliphatic heterocycles. The molecule has 1 saturated heterocycles. The van der Waals surface area contributed by atoms with Gasteiger partial charge in [0, 0.05) is 24.8 Å². The molecule has 0 bridgehead atoms. The molecule has 0 radical (unpaired) electrons. The summed E-state index contributed by atoms with van der Waals surface area (Å²) in [6, 6.07) is 8.41. The summed E-state index contributed by atoms with van der Waals surface area (Å²) in [4.78, 5) is 26.7. The highest BCUT2D eigenvalue weighted by Gasteiger charge is 2.50. The summed E-state index contributed by atoms with van der Waals surface area (Å²) in [5.41, 5.74) is 9.74. The van der Waals surface area contributed by atoms with Crippen LogP contribution in [0.4, 0.5) is 5.69 Å². The third-order valence-corrected chi connectivity index (χ3v) is 6.76. The van der Waals surface area contributed by atoms with E-state index in [2.05, 4.69) is 21.0 Å². The number of carbonyl (C=O) groups excluding carboxylic acids is 2. The summed E-state index contributed by atoms with van der Waals surface area (Å²) >= 11 is 0. The summed E-state index contributed by atoms with van der Waals surface area (Å²) in [6.07, 6.45) is 5.93. The van der Waals surface area contributed by atoms with Crippen LogP contribution in [0.15, 0.2) is 45.9 Å². The molecule has 0 atom stereocenters. The van der Waals surface area contributed by atoms with Gasteiger partial charge in [0.15, 0.2) is 0 Å². The Morgan fingerprint density at radius 3 is 2.61 bits per heavy atom. The van der Waals surface area contributed by atoms with Gasteiger partial charge in [-0.2, -0.15) is 5.53 Å². The number of esters is 1. The van der Waals surface area contributed by atoms with Crippen molar-refractivity contribution in [2.45, 2.75) is 51.6 Å². The molecule has 4 rings (SSSR count). The molecule has 164 valence electrons. The number of cyclic esters (lactones) is 1.